The van der Waals surface area contributed by atoms with E-state index in [4.69, 9.17) is 4.74 Å². The van der Waals surface area contributed by atoms with Crippen molar-refractivity contribution in [2.75, 3.05) is 11.4 Å². The van der Waals surface area contributed by atoms with Crippen LogP contribution in [-0.4, -0.2) is 16.5 Å². The monoisotopic (exact) mass is 289 g/mol. The molecule has 4 nitrogen and oxygen atoms in total. The van der Waals surface area contributed by atoms with Gasteiger partial charge in [-0.2, -0.15) is 0 Å². The predicted octanol–water partition coefficient (Wildman–Crippen LogP) is 4.41. The Morgan fingerprint density at radius 1 is 0.909 bits per heavy atom. The van der Waals surface area contributed by atoms with E-state index in [1.54, 1.807) is 12.4 Å². The quantitative estimate of drug-likeness (QED) is 0.700. The molecule has 4 heteroatoms. The van der Waals surface area contributed by atoms with E-state index < -0.39 is 0 Å². The molecule has 0 spiro atoms. The molecule has 108 valence electrons. The summed E-state index contributed by atoms with van der Waals surface area (Å²) in [5, 5.41) is 0. The van der Waals surface area contributed by atoms with Crippen molar-refractivity contribution in [3.8, 4) is 22.9 Å². The first-order valence-electron chi connectivity index (χ1n) is 7.33. The molecule has 4 rings (SSSR count). The molecule has 0 aliphatic carbocycles. The van der Waals surface area contributed by atoms with Gasteiger partial charge in [0.15, 0.2) is 17.3 Å². The third-order valence-electron chi connectivity index (χ3n) is 3.77. The number of fused-ring (bicyclic) bond motifs is 2. The average molecular weight is 289 g/mol. The largest absolute Gasteiger partial charge is 0.453 e. The van der Waals surface area contributed by atoms with E-state index in [0.29, 0.717) is 5.82 Å². The first-order chi connectivity index (χ1) is 10.9. The first kappa shape index (κ1) is 12.8. The predicted molar refractivity (Wildman–Crippen MR) is 86.7 cm³/mol. The van der Waals surface area contributed by atoms with Crippen LogP contribution in [0, 0.1) is 0 Å². The Balaban J connectivity index is 1.94. The van der Waals surface area contributed by atoms with E-state index in [0.717, 1.165) is 35.0 Å². The van der Waals surface area contributed by atoms with Crippen LogP contribution in [0.5, 0.6) is 11.5 Å². The topological polar surface area (TPSA) is 38.2 Å². The van der Waals surface area contributed by atoms with Gasteiger partial charge in [0, 0.05) is 24.5 Å². The van der Waals surface area contributed by atoms with Crippen molar-refractivity contribution in [2.24, 2.45) is 0 Å². The third kappa shape index (κ3) is 1.92. The Labute approximate surface area is 129 Å². The molecule has 0 saturated heterocycles. The molecule has 0 N–H and O–H groups in total. The normalized spacial score (nSPS) is 12.3. The molecule has 2 aromatic carbocycles. The molecule has 0 amide bonds. The molecule has 1 aromatic heterocycles. The zero-order chi connectivity index (χ0) is 14.9. The summed E-state index contributed by atoms with van der Waals surface area (Å²) in [7, 11) is 0. The summed E-state index contributed by atoms with van der Waals surface area (Å²) in [6.45, 7) is 2.98. The van der Waals surface area contributed by atoms with Gasteiger partial charge < -0.3 is 9.64 Å². The molecule has 3 aromatic rings. The Hall–Kier alpha value is -2.88. The summed E-state index contributed by atoms with van der Waals surface area (Å²) in [6, 6.07) is 15.9. The average Bonchev–Trinajstić information content (AvgIpc) is 2.60. The third-order valence-corrected chi connectivity index (χ3v) is 3.77. The van der Waals surface area contributed by atoms with Crippen LogP contribution in [0.3, 0.4) is 0 Å². The van der Waals surface area contributed by atoms with Crippen molar-refractivity contribution in [3.63, 3.8) is 0 Å². The molecule has 0 unspecified atom stereocenters. The molecule has 2 heterocycles. The molecule has 0 saturated carbocycles. The number of para-hydroxylation sites is 3. The summed E-state index contributed by atoms with van der Waals surface area (Å²) in [4.78, 5) is 11.0. The number of rotatable bonds is 2. The molecule has 0 atom stereocenters. The molecule has 1 aliphatic rings. The number of hydrogen-bond acceptors (Lipinski definition) is 4. The smallest absolute Gasteiger partial charge is 0.161 e. The second-order valence-corrected chi connectivity index (χ2v) is 5.04. The van der Waals surface area contributed by atoms with E-state index >= 15 is 0 Å². The molecule has 0 bridgehead atoms. The summed E-state index contributed by atoms with van der Waals surface area (Å²) < 4.78 is 6.07. The van der Waals surface area contributed by atoms with Crippen molar-refractivity contribution >= 4 is 11.4 Å². The lowest BCUT2D eigenvalue weighted by Crippen LogP contribution is -2.21. The van der Waals surface area contributed by atoms with Crippen LogP contribution in [0.4, 0.5) is 11.4 Å². The van der Waals surface area contributed by atoms with Gasteiger partial charge in [-0.1, -0.05) is 18.2 Å². The molecular formula is C18H15N3O. The van der Waals surface area contributed by atoms with E-state index in [-0.39, 0.29) is 0 Å². The van der Waals surface area contributed by atoms with Crippen LogP contribution < -0.4 is 9.64 Å². The highest BCUT2D eigenvalue weighted by Gasteiger charge is 2.26. The number of aromatic nitrogens is 2. The highest BCUT2D eigenvalue weighted by Crippen LogP contribution is 2.49. The minimum Gasteiger partial charge on any atom is -0.453 e. The van der Waals surface area contributed by atoms with Crippen LogP contribution in [0.1, 0.15) is 6.92 Å². The van der Waals surface area contributed by atoms with E-state index in [1.165, 1.54) is 0 Å². The van der Waals surface area contributed by atoms with Gasteiger partial charge in [0.2, 0.25) is 0 Å². The molecule has 0 radical (unpaired) electrons. The zero-order valence-electron chi connectivity index (χ0n) is 12.2. The minimum atomic E-state index is 0.709. The number of benzene rings is 2. The maximum Gasteiger partial charge on any atom is 0.161 e. The van der Waals surface area contributed by atoms with Crippen molar-refractivity contribution in [1.82, 2.24) is 9.97 Å². The fourth-order valence-corrected chi connectivity index (χ4v) is 2.84. The van der Waals surface area contributed by atoms with E-state index in [1.807, 2.05) is 42.5 Å². The Morgan fingerprint density at radius 2 is 1.68 bits per heavy atom. The van der Waals surface area contributed by atoms with Gasteiger partial charge in [0.05, 0.1) is 11.4 Å². The summed E-state index contributed by atoms with van der Waals surface area (Å²) >= 11 is 0. The molecule has 1 aliphatic heterocycles. The number of nitrogens with zero attached hydrogens (tertiary/aromatic N) is 3. The standard InChI is InChI=1S/C18H15N3O/c1-2-21-14-8-3-4-9-15(14)22-16-10-5-7-13(17(16)21)18-19-11-6-12-20-18/h3-12H,2H2,1H3. The Bertz CT molecular complexity index is 818. The number of ether oxygens (including phenoxy) is 1. The van der Waals surface area contributed by atoms with Crippen molar-refractivity contribution in [1.29, 1.82) is 0 Å². The Morgan fingerprint density at radius 3 is 2.50 bits per heavy atom. The van der Waals surface area contributed by atoms with Crippen molar-refractivity contribution in [2.45, 2.75) is 6.92 Å². The lowest BCUT2D eigenvalue weighted by molar-refractivity contribution is 0.474. The van der Waals surface area contributed by atoms with Gasteiger partial charge in [-0.3, -0.25) is 0 Å². The fourth-order valence-electron chi connectivity index (χ4n) is 2.84. The van der Waals surface area contributed by atoms with E-state index in [2.05, 4.69) is 27.9 Å². The second kappa shape index (κ2) is 5.15. The van der Waals surface area contributed by atoms with Gasteiger partial charge in [-0.25, -0.2) is 9.97 Å². The van der Waals surface area contributed by atoms with Crippen molar-refractivity contribution < 1.29 is 4.74 Å². The van der Waals surface area contributed by atoms with Crippen LogP contribution in [0.15, 0.2) is 60.9 Å². The lowest BCUT2D eigenvalue weighted by atomic mass is 10.1. The molecule has 22 heavy (non-hydrogen) atoms. The van der Waals surface area contributed by atoms with Gasteiger partial charge in [0.1, 0.15) is 0 Å². The second-order valence-electron chi connectivity index (χ2n) is 5.04. The SMILES string of the molecule is CCN1c2ccccc2Oc2cccc(-c3ncccn3)c21. The summed E-state index contributed by atoms with van der Waals surface area (Å²) in [5.41, 5.74) is 3.07. The Kier molecular flexibility index (Phi) is 3.00. The van der Waals surface area contributed by atoms with Gasteiger partial charge in [0.25, 0.3) is 0 Å². The maximum absolute atomic E-state index is 6.07. The van der Waals surface area contributed by atoms with Crippen LogP contribution in [-0.2, 0) is 0 Å². The van der Waals surface area contributed by atoms with Crippen LogP contribution in [0.25, 0.3) is 11.4 Å². The molecule has 0 fully saturated rings. The van der Waals surface area contributed by atoms with Crippen molar-refractivity contribution in [3.05, 3.63) is 60.9 Å². The first-order valence-corrected chi connectivity index (χ1v) is 7.33. The maximum atomic E-state index is 6.07. The van der Waals surface area contributed by atoms with Gasteiger partial charge in [-0.05, 0) is 37.3 Å². The highest BCUT2D eigenvalue weighted by atomic mass is 16.5. The number of anilines is 2. The highest BCUT2D eigenvalue weighted by molar-refractivity contribution is 5.88. The summed E-state index contributed by atoms with van der Waals surface area (Å²) in [5.74, 6) is 2.43. The fraction of sp³-hybridized carbons (Fsp3) is 0.111. The molecular weight excluding hydrogens is 274 g/mol. The van der Waals surface area contributed by atoms with Crippen LogP contribution >= 0.6 is 0 Å². The van der Waals surface area contributed by atoms with Gasteiger partial charge in [-0.15, -0.1) is 0 Å². The summed E-state index contributed by atoms with van der Waals surface area (Å²) in [6.07, 6.45) is 3.52. The van der Waals surface area contributed by atoms with Gasteiger partial charge >= 0.3 is 0 Å². The van der Waals surface area contributed by atoms with Crippen LogP contribution in [0.2, 0.25) is 0 Å². The number of hydrogen-bond donors (Lipinski definition) is 0. The minimum absolute atomic E-state index is 0.709. The zero-order valence-corrected chi connectivity index (χ0v) is 12.2. The van der Waals surface area contributed by atoms with E-state index in [9.17, 15) is 0 Å². The lowest BCUT2D eigenvalue weighted by Gasteiger charge is -2.33.